The molecule has 0 aliphatic carbocycles. The molecule has 0 saturated heterocycles. The first kappa shape index (κ1) is 21.7. The molecule has 0 saturated carbocycles. The number of anilines is 1. The number of aryl methyl sites for hydroxylation is 1. The number of amides is 1. The molecule has 9 heteroatoms. The molecule has 0 radical (unpaired) electrons. The molecular formula is C20H21NO8. The smallest absolute Gasteiger partial charge is 0.344 e. The Morgan fingerprint density at radius 1 is 1.00 bits per heavy atom. The molecule has 0 unspecified atom stereocenters. The molecule has 0 aliphatic heterocycles. The Kier molecular flexibility index (Phi) is 7.13. The average molecular weight is 403 g/mol. The Balaban J connectivity index is 2.09. The summed E-state index contributed by atoms with van der Waals surface area (Å²) >= 11 is 0. The predicted molar refractivity (Wildman–Crippen MR) is 101 cm³/mol. The summed E-state index contributed by atoms with van der Waals surface area (Å²) < 4.78 is 20.2. The number of hydrogen-bond donors (Lipinski definition) is 1. The Morgan fingerprint density at radius 2 is 1.66 bits per heavy atom. The summed E-state index contributed by atoms with van der Waals surface area (Å²) in [6.45, 7) is 3.81. The molecule has 0 fully saturated rings. The van der Waals surface area contributed by atoms with E-state index >= 15 is 0 Å². The lowest BCUT2D eigenvalue weighted by atomic mass is 10.1. The van der Waals surface area contributed by atoms with Crippen LogP contribution in [0.25, 0.3) is 0 Å². The first-order valence-corrected chi connectivity index (χ1v) is 8.70. The SMILES string of the molecule is CCOC(=O)c1c(NC(=O)COC(=O)c2ccc(OC)cc2)oc(C)c1C(C)=O. The van der Waals surface area contributed by atoms with E-state index < -0.39 is 30.2 Å². The highest BCUT2D eigenvalue weighted by Gasteiger charge is 2.28. The van der Waals surface area contributed by atoms with Gasteiger partial charge in [-0.15, -0.1) is 0 Å². The van der Waals surface area contributed by atoms with Crippen LogP contribution < -0.4 is 10.1 Å². The molecule has 154 valence electrons. The lowest BCUT2D eigenvalue weighted by Crippen LogP contribution is -2.22. The second kappa shape index (κ2) is 9.54. The molecule has 2 rings (SSSR count). The maximum Gasteiger partial charge on any atom is 0.344 e. The van der Waals surface area contributed by atoms with Crippen LogP contribution in [0.4, 0.5) is 5.88 Å². The molecule has 29 heavy (non-hydrogen) atoms. The third kappa shape index (κ3) is 5.22. The second-order valence-corrected chi connectivity index (χ2v) is 5.87. The van der Waals surface area contributed by atoms with E-state index in [0.29, 0.717) is 5.75 Å². The number of ketones is 1. The lowest BCUT2D eigenvalue weighted by molar-refractivity contribution is -0.119. The van der Waals surface area contributed by atoms with Crippen molar-refractivity contribution in [2.75, 3.05) is 25.6 Å². The van der Waals surface area contributed by atoms with Crippen LogP contribution in [0.2, 0.25) is 0 Å². The van der Waals surface area contributed by atoms with E-state index in [1.54, 1.807) is 19.1 Å². The van der Waals surface area contributed by atoms with Gasteiger partial charge in [0.1, 0.15) is 17.1 Å². The molecule has 9 nitrogen and oxygen atoms in total. The van der Waals surface area contributed by atoms with Crippen molar-refractivity contribution in [1.29, 1.82) is 0 Å². The van der Waals surface area contributed by atoms with Crippen LogP contribution in [0.5, 0.6) is 5.75 Å². The van der Waals surface area contributed by atoms with Gasteiger partial charge in [-0.25, -0.2) is 9.59 Å². The van der Waals surface area contributed by atoms with Gasteiger partial charge in [-0.05, 0) is 45.0 Å². The van der Waals surface area contributed by atoms with E-state index in [4.69, 9.17) is 18.6 Å². The molecule has 1 aromatic carbocycles. The average Bonchev–Trinajstić information content (AvgIpc) is 3.02. The molecule has 2 aromatic rings. The van der Waals surface area contributed by atoms with Crippen LogP contribution >= 0.6 is 0 Å². The standard InChI is InChI=1S/C20H21NO8/c1-5-27-20(25)17-16(11(2)22)12(3)29-18(17)21-15(23)10-28-19(24)13-6-8-14(26-4)9-7-13/h6-9H,5,10H2,1-4H3,(H,21,23). The van der Waals surface area contributed by atoms with E-state index in [2.05, 4.69) is 5.32 Å². The van der Waals surface area contributed by atoms with E-state index in [9.17, 15) is 19.2 Å². The lowest BCUT2D eigenvalue weighted by Gasteiger charge is -2.07. The van der Waals surface area contributed by atoms with Gasteiger partial charge in [0, 0.05) is 0 Å². The van der Waals surface area contributed by atoms with Gasteiger partial charge in [0.25, 0.3) is 5.91 Å². The van der Waals surface area contributed by atoms with E-state index in [-0.39, 0.29) is 34.9 Å². The number of hydrogen-bond acceptors (Lipinski definition) is 8. The van der Waals surface area contributed by atoms with Crippen LogP contribution in [-0.4, -0.2) is 44.0 Å². The van der Waals surface area contributed by atoms with Gasteiger partial charge in [-0.3, -0.25) is 14.9 Å². The fourth-order valence-corrected chi connectivity index (χ4v) is 2.56. The number of methoxy groups -OCH3 is 1. The molecule has 1 heterocycles. The molecule has 0 aliphatic rings. The molecule has 1 amide bonds. The van der Waals surface area contributed by atoms with Gasteiger partial charge in [0.15, 0.2) is 12.4 Å². The van der Waals surface area contributed by atoms with Gasteiger partial charge < -0.3 is 18.6 Å². The van der Waals surface area contributed by atoms with Gasteiger partial charge >= 0.3 is 11.9 Å². The second-order valence-electron chi connectivity index (χ2n) is 5.87. The zero-order valence-electron chi connectivity index (χ0n) is 16.5. The number of nitrogens with one attached hydrogen (secondary N) is 1. The summed E-state index contributed by atoms with van der Waals surface area (Å²) in [4.78, 5) is 48.3. The summed E-state index contributed by atoms with van der Waals surface area (Å²) in [5, 5.41) is 2.34. The maximum absolute atomic E-state index is 12.2. The van der Waals surface area contributed by atoms with Gasteiger partial charge in [-0.2, -0.15) is 0 Å². The fourth-order valence-electron chi connectivity index (χ4n) is 2.56. The largest absolute Gasteiger partial charge is 0.497 e. The first-order chi connectivity index (χ1) is 13.8. The van der Waals surface area contributed by atoms with Crippen LogP contribution in [0.1, 0.15) is 50.7 Å². The summed E-state index contributed by atoms with van der Waals surface area (Å²) in [6.07, 6.45) is 0. The molecule has 1 aromatic heterocycles. The van der Waals surface area contributed by atoms with Crippen molar-refractivity contribution in [3.63, 3.8) is 0 Å². The van der Waals surface area contributed by atoms with E-state index in [0.717, 1.165) is 0 Å². The summed E-state index contributed by atoms with van der Waals surface area (Å²) in [5.41, 5.74) is 0.0826. The topological polar surface area (TPSA) is 121 Å². The van der Waals surface area contributed by atoms with Crippen molar-refractivity contribution < 1.29 is 37.8 Å². The minimum Gasteiger partial charge on any atom is -0.497 e. The van der Waals surface area contributed by atoms with Crippen molar-refractivity contribution in [2.24, 2.45) is 0 Å². The molecule has 0 spiro atoms. The van der Waals surface area contributed by atoms with Crippen molar-refractivity contribution in [3.8, 4) is 5.75 Å². The van der Waals surface area contributed by atoms with Crippen molar-refractivity contribution in [2.45, 2.75) is 20.8 Å². The highest BCUT2D eigenvalue weighted by Crippen LogP contribution is 2.28. The normalized spacial score (nSPS) is 10.2. The van der Waals surface area contributed by atoms with Gasteiger partial charge in [-0.1, -0.05) is 0 Å². The fraction of sp³-hybridized carbons (Fsp3) is 0.300. The van der Waals surface area contributed by atoms with Crippen LogP contribution in [0.3, 0.4) is 0 Å². The van der Waals surface area contributed by atoms with Crippen LogP contribution in [-0.2, 0) is 14.3 Å². The summed E-state index contributed by atoms with van der Waals surface area (Å²) in [5.74, 6) is -2.20. The number of ether oxygens (including phenoxy) is 3. The summed E-state index contributed by atoms with van der Waals surface area (Å²) in [6, 6.07) is 6.15. The van der Waals surface area contributed by atoms with Gasteiger partial charge in [0.05, 0.1) is 24.8 Å². The number of carbonyl (C=O) groups is 4. The van der Waals surface area contributed by atoms with Crippen LogP contribution in [0.15, 0.2) is 28.7 Å². The number of carbonyl (C=O) groups excluding carboxylic acids is 4. The zero-order valence-corrected chi connectivity index (χ0v) is 16.5. The number of benzene rings is 1. The predicted octanol–water partition coefficient (Wildman–Crippen LogP) is 2.77. The minimum atomic E-state index is -0.805. The number of furan rings is 1. The molecule has 1 N–H and O–H groups in total. The maximum atomic E-state index is 12.2. The highest BCUT2D eigenvalue weighted by molar-refractivity contribution is 6.10. The van der Waals surface area contributed by atoms with Crippen molar-refractivity contribution in [1.82, 2.24) is 0 Å². The van der Waals surface area contributed by atoms with E-state index in [1.807, 2.05) is 0 Å². The Labute approximate surface area is 166 Å². The number of esters is 2. The monoisotopic (exact) mass is 403 g/mol. The molecule has 0 bridgehead atoms. The summed E-state index contributed by atoms with van der Waals surface area (Å²) in [7, 11) is 1.50. The van der Waals surface area contributed by atoms with Crippen LogP contribution in [0, 0.1) is 6.92 Å². The number of rotatable bonds is 8. The quantitative estimate of drug-likeness (QED) is 0.527. The first-order valence-electron chi connectivity index (χ1n) is 8.70. The number of Topliss-reactive ketones (excluding diaryl/α,β-unsaturated/α-hetero) is 1. The molecule has 0 atom stereocenters. The van der Waals surface area contributed by atoms with Crippen molar-refractivity contribution >= 4 is 29.5 Å². The zero-order chi connectivity index (χ0) is 21.6. The Bertz CT molecular complexity index is 927. The van der Waals surface area contributed by atoms with Gasteiger partial charge in [0.2, 0.25) is 5.88 Å². The third-order valence-electron chi connectivity index (χ3n) is 3.83. The Morgan fingerprint density at radius 3 is 2.21 bits per heavy atom. The Hall–Kier alpha value is -3.62. The minimum absolute atomic E-state index is 0.0222. The van der Waals surface area contributed by atoms with E-state index in [1.165, 1.54) is 33.1 Å². The molecular weight excluding hydrogens is 382 g/mol. The highest BCUT2D eigenvalue weighted by atomic mass is 16.5. The van der Waals surface area contributed by atoms with Crippen molar-refractivity contribution in [3.05, 3.63) is 46.7 Å². The third-order valence-corrected chi connectivity index (χ3v) is 3.83.